The molecule has 5 heteroatoms. The quantitative estimate of drug-likeness (QED) is 0.849. The maximum Gasteiger partial charge on any atom is 0.411 e. The molecule has 2 bridgehead atoms. The number of hydrogen-bond acceptors (Lipinski definition) is 4. The summed E-state index contributed by atoms with van der Waals surface area (Å²) in [5, 5.41) is 0. The first kappa shape index (κ1) is 16.8. The lowest BCUT2D eigenvalue weighted by Crippen LogP contribution is -2.56. The third kappa shape index (κ3) is 3.48. The first-order valence-electron chi connectivity index (χ1n) is 8.91. The number of hydrogen-bond donors (Lipinski definition) is 0. The molecule has 1 fully saturated rings. The molecule has 0 saturated carbocycles. The predicted octanol–water partition coefficient (Wildman–Crippen LogP) is 3.58. The molecular formula is C21H22N2O3. The summed E-state index contributed by atoms with van der Waals surface area (Å²) in [6.07, 6.45) is 4.50. The van der Waals surface area contributed by atoms with Crippen LogP contribution in [0.5, 0.6) is 0 Å². The van der Waals surface area contributed by atoms with E-state index in [1.807, 2.05) is 54.4 Å². The zero-order valence-corrected chi connectivity index (χ0v) is 14.8. The summed E-state index contributed by atoms with van der Waals surface area (Å²) in [5.41, 5.74) is 4.33. The fraction of sp³-hybridized carbons (Fsp3) is 0.333. The van der Waals surface area contributed by atoms with Gasteiger partial charge >= 0.3 is 6.09 Å². The van der Waals surface area contributed by atoms with Crippen molar-refractivity contribution in [3.05, 3.63) is 71.6 Å². The lowest BCUT2D eigenvalue weighted by Gasteiger charge is -2.43. The Morgan fingerprint density at radius 1 is 1.23 bits per heavy atom. The monoisotopic (exact) mass is 350 g/mol. The van der Waals surface area contributed by atoms with Crippen molar-refractivity contribution in [1.29, 1.82) is 0 Å². The van der Waals surface area contributed by atoms with E-state index in [-0.39, 0.29) is 24.8 Å². The molecule has 1 amide bonds. The summed E-state index contributed by atoms with van der Waals surface area (Å²) in [4.78, 5) is 18.9. The summed E-state index contributed by atoms with van der Waals surface area (Å²) >= 11 is 0. The van der Waals surface area contributed by atoms with Crippen molar-refractivity contribution in [2.45, 2.75) is 32.0 Å². The summed E-state index contributed by atoms with van der Waals surface area (Å²) in [5.74, 6) is 0. The van der Waals surface area contributed by atoms with Gasteiger partial charge in [-0.25, -0.2) is 4.79 Å². The Morgan fingerprint density at radius 2 is 2.08 bits per heavy atom. The van der Waals surface area contributed by atoms with Crippen LogP contribution in [-0.2, 0) is 16.1 Å². The van der Waals surface area contributed by atoms with Gasteiger partial charge < -0.3 is 9.47 Å². The van der Waals surface area contributed by atoms with Gasteiger partial charge in [0.25, 0.3) is 0 Å². The number of nitrogens with zero attached hydrogens (tertiary/aromatic N) is 2. The van der Waals surface area contributed by atoms with E-state index < -0.39 is 0 Å². The number of rotatable bonds is 3. The van der Waals surface area contributed by atoms with Crippen LogP contribution in [-0.4, -0.2) is 41.3 Å². The highest BCUT2D eigenvalue weighted by molar-refractivity contribution is 5.74. The number of pyridine rings is 1. The average Bonchev–Trinajstić information content (AvgIpc) is 2.66. The summed E-state index contributed by atoms with van der Waals surface area (Å²) in [7, 11) is 0. The second kappa shape index (κ2) is 7.30. The number of amides is 1. The van der Waals surface area contributed by atoms with E-state index in [0.717, 1.165) is 23.2 Å². The molecule has 1 aromatic heterocycles. The Kier molecular flexibility index (Phi) is 4.71. The Hall–Kier alpha value is -2.66. The minimum Gasteiger partial charge on any atom is -0.445 e. The molecule has 134 valence electrons. The van der Waals surface area contributed by atoms with E-state index in [0.29, 0.717) is 13.2 Å². The molecule has 3 heterocycles. The molecule has 2 atom stereocenters. The van der Waals surface area contributed by atoms with Crippen molar-refractivity contribution >= 4 is 11.7 Å². The molecule has 0 radical (unpaired) electrons. The summed E-state index contributed by atoms with van der Waals surface area (Å²) in [6.45, 7) is 3.30. The number of aryl methyl sites for hydroxylation is 1. The van der Waals surface area contributed by atoms with Crippen LogP contribution in [0.4, 0.5) is 4.79 Å². The van der Waals surface area contributed by atoms with Gasteiger partial charge in [-0.1, -0.05) is 42.5 Å². The summed E-state index contributed by atoms with van der Waals surface area (Å²) < 4.78 is 11.2. The zero-order valence-electron chi connectivity index (χ0n) is 14.8. The number of benzene rings is 1. The molecule has 2 unspecified atom stereocenters. The Morgan fingerprint density at radius 3 is 2.81 bits per heavy atom. The van der Waals surface area contributed by atoms with Crippen molar-refractivity contribution < 1.29 is 14.3 Å². The SMILES string of the molecule is Cc1ccc(C2=CC3COCC(C2)N3C(=O)OCc2ccccc2)cn1. The van der Waals surface area contributed by atoms with Crippen LogP contribution >= 0.6 is 0 Å². The highest BCUT2D eigenvalue weighted by Crippen LogP contribution is 2.32. The zero-order chi connectivity index (χ0) is 17.9. The van der Waals surface area contributed by atoms with E-state index >= 15 is 0 Å². The Bertz CT molecular complexity index is 802. The maximum absolute atomic E-state index is 12.7. The minimum absolute atomic E-state index is 0.00155. The van der Waals surface area contributed by atoms with Gasteiger partial charge in [0.2, 0.25) is 0 Å². The normalized spacial score (nSPS) is 21.9. The molecule has 0 aliphatic carbocycles. The van der Waals surface area contributed by atoms with Crippen LogP contribution in [0.3, 0.4) is 0 Å². The number of ether oxygens (including phenoxy) is 2. The van der Waals surface area contributed by atoms with E-state index in [1.54, 1.807) is 0 Å². The third-order valence-corrected chi connectivity index (χ3v) is 4.90. The van der Waals surface area contributed by atoms with Crippen LogP contribution in [0.25, 0.3) is 5.57 Å². The second-order valence-corrected chi connectivity index (χ2v) is 6.79. The second-order valence-electron chi connectivity index (χ2n) is 6.79. The number of fused-ring (bicyclic) bond motifs is 2. The maximum atomic E-state index is 12.7. The van der Waals surface area contributed by atoms with Crippen LogP contribution in [0, 0.1) is 6.92 Å². The van der Waals surface area contributed by atoms with Crippen molar-refractivity contribution in [2.75, 3.05) is 13.2 Å². The first-order valence-corrected chi connectivity index (χ1v) is 8.91. The van der Waals surface area contributed by atoms with Crippen LogP contribution < -0.4 is 0 Å². The standard InChI is InChI=1S/C21H22N2O3/c1-15-7-8-17(11-22-15)18-9-19-13-25-14-20(10-18)23(19)21(24)26-12-16-5-3-2-4-6-16/h2-9,11,19-20H,10,12-14H2,1H3. The van der Waals surface area contributed by atoms with Crippen molar-refractivity contribution in [3.8, 4) is 0 Å². The smallest absolute Gasteiger partial charge is 0.411 e. The third-order valence-electron chi connectivity index (χ3n) is 4.90. The van der Waals surface area contributed by atoms with Gasteiger partial charge in [0.1, 0.15) is 6.61 Å². The average molecular weight is 350 g/mol. The molecule has 2 aliphatic heterocycles. The number of aromatic nitrogens is 1. The molecule has 0 spiro atoms. The van der Waals surface area contributed by atoms with Crippen molar-refractivity contribution in [2.24, 2.45) is 0 Å². The Labute approximate surface area is 153 Å². The number of carbonyl (C=O) groups is 1. The molecule has 5 nitrogen and oxygen atoms in total. The van der Waals surface area contributed by atoms with Gasteiger partial charge in [0.15, 0.2) is 0 Å². The van der Waals surface area contributed by atoms with Gasteiger partial charge in [0, 0.05) is 11.9 Å². The molecule has 2 aliphatic rings. The molecule has 0 N–H and O–H groups in total. The van der Waals surface area contributed by atoms with E-state index in [9.17, 15) is 4.79 Å². The molecular weight excluding hydrogens is 328 g/mol. The van der Waals surface area contributed by atoms with Gasteiger partial charge in [-0.15, -0.1) is 0 Å². The predicted molar refractivity (Wildman–Crippen MR) is 98.4 cm³/mol. The van der Waals surface area contributed by atoms with Gasteiger partial charge in [0.05, 0.1) is 25.3 Å². The van der Waals surface area contributed by atoms with E-state index in [4.69, 9.17) is 9.47 Å². The number of morpholine rings is 1. The lowest BCUT2D eigenvalue weighted by atomic mass is 9.91. The molecule has 26 heavy (non-hydrogen) atoms. The fourth-order valence-corrected chi connectivity index (χ4v) is 3.55. The molecule has 4 rings (SSSR count). The number of carbonyl (C=O) groups excluding carboxylic acids is 1. The molecule has 1 saturated heterocycles. The van der Waals surface area contributed by atoms with Crippen LogP contribution in [0.15, 0.2) is 54.7 Å². The van der Waals surface area contributed by atoms with Gasteiger partial charge in [-0.3, -0.25) is 9.88 Å². The first-order chi connectivity index (χ1) is 12.7. The van der Waals surface area contributed by atoms with Crippen LogP contribution in [0.1, 0.15) is 23.2 Å². The fourth-order valence-electron chi connectivity index (χ4n) is 3.55. The highest BCUT2D eigenvalue weighted by Gasteiger charge is 2.39. The topological polar surface area (TPSA) is 51.7 Å². The van der Waals surface area contributed by atoms with E-state index in [1.165, 1.54) is 5.57 Å². The van der Waals surface area contributed by atoms with Crippen LogP contribution in [0.2, 0.25) is 0 Å². The molecule has 2 aromatic rings. The minimum atomic E-state index is -0.274. The van der Waals surface area contributed by atoms with Gasteiger partial charge in [-0.05, 0) is 36.1 Å². The van der Waals surface area contributed by atoms with Crippen molar-refractivity contribution in [3.63, 3.8) is 0 Å². The van der Waals surface area contributed by atoms with Gasteiger partial charge in [-0.2, -0.15) is 0 Å². The molecule has 1 aromatic carbocycles. The van der Waals surface area contributed by atoms with Crippen molar-refractivity contribution in [1.82, 2.24) is 9.88 Å². The summed E-state index contributed by atoms with van der Waals surface area (Å²) in [6, 6.07) is 13.8. The lowest BCUT2D eigenvalue weighted by molar-refractivity contribution is -0.0342. The largest absolute Gasteiger partial charge is 0.445 e. The Balaban J connectivity index is 1.49. The van der Waals surface area contributed by atoms with E-state index in [2.05, 4.69) is 17.1 Å². The highest BCUT2D eigenvalue weighted by atomic mass is 16.6.